The van der Waals surface area contributed by atoms with E-state index in [-0.39, 0.29) is 35.8 Å². The summed E-state index contributed by atoms with van der Waals surface area (Å²) in [4.78, 5) is 33.8. The van der Waals surface area contributed by atoms with Crippen molar-refractivity contribution in [3.05, 3.63) is 77.2 Å². The third kappa shape index (κ3) is 4.36. The van der Waals surface area contributed by atoms with Gasteiger partial charge in [-0.3, -0.25) is 14.5 Å². The van der Waals surface area contributed by atoms with Gasteiger partial charge in [-0.15, -0.1) is 0 Å². The molecule has 0 aliphatic carbocycles. The molecule has 2 aromatic carbocycles. The Hall–Kier alpha value is -4.25. The molecule has 1 aliphatic rings. The van der Waals surface area contributed by atoms with E-state index in [0.29, 0.717) is 29.7 Å². The summed E-state index contributed by atoms with van der Waals surface area (Å²) in [6.07, 6.45) is 2.27. The average Bonchev–Trinajstić information content (AvgIpc) is 3.00. The molecule has 31 heavy (non-hydrogen) atoms. The molecule has 154 valence electrons. The first-order valence-corrected chi connectivity index (χ1v) is 9.55. The molecule has 0 saturated heterocycles. The van der Waals surface area contributed by atoms with Crippen LogP contribution in [-0.2, 0) is 0 Å². The minimum Gasteiger partial charge on any atom is -0.492 e. The Balaban J connectivity index is 1.32. The Morgan fingerprint density at radius 2 is 1.81 bits per heavy atom. The fourth-order valence-corrected chi connectivity index (χ4v) is 3.14. The van der Waals surface area contributed by atoms with E-state index in [2.05, 4.69) is 27.1 Å². The molecular weight excluding hydrogens is 399 g/mol. The minimum absolute atomic E-state index is 0.110. The monoisotopic (exact) mass is 416 g/mol. The smallest absolute Gasteiger partial charge is 0.261 e. The Morgan fingerprint density at radius 1 is 1.06 bits per heavy atom. The van der Waals surface area contributed by atoms with Crippen LogP contribution in [0.2, 0.25) is 0 Å². The molecule has 7 nitrogen and oxygen atoms in total. The van der Waals surface area contributed by atoms with Crippen LogP contribution in [0.1, 0.15) is 39.1 Å². The molecule has 1 aromatic heterocycles. The molecule has 0 unspecified atom stereocenters. The summed E-state index contributed by atoms with van der Waals surface area (Å²) in [6.45, 7) is 0.264. The van der Waals surface area contributed by atoms with E-state index in [4.69, 9.17) is 0 Å². The number of halogens is 1. The maximum absolute atomic E-state index is 13.2. The summed E-state index contributed by atoms with van der Waals surface area (Å²) in [7, 11) is 0. The van der Waals surface area contributed by atoms with Gasteiger partial charge in [0.05, 0.1) is 17.3 Å². The number of nitrogens with one attached hydrogen (secondary N) is 1. The van der Waals surface area contributed by atoms with Gasteiger partial charge in [-0.25, -0.2) is 9.37 Å². The van der Waals surface area contributed by atoms with Gasteiger partial charge in [0.25, 0.3) is 11.8 Å². The van der Waals surface area contributed by atoms with E-state index in [1.54, 1.807) is 36.4 Å². The third-order valence-corrected chi connectivity index (χ3v) is 4.63. The van der Waals surface area contributed by atoms with Gasteiger partial charge in [0, 0.05) is 18.7 Å². The Morgan fingerprint density at radius 3 is 2.48 bits per heavy atom. The van der Waals surface area contributed by atoms with Crippen molar-refractivity contribution in [3.8, 4) is 17.7 Å². The van der Waals surface area contributed by atoms with Crippen LogP contribution >= 0.6 is 0 Å². The Labute approximate surface area is 177 Å². The fourth-order valence-electron chi connectivity index (χ4n) is 3.14. The lowest BCUT2D eigenvalue weighted by Gasteiger charge is -2.12. The number of rotatable bonds is 5. The predicted molar refractivity (Wildman–Crippen MR) is 111 cm³/mol. The molecule has 0 atom stereocenters. The quantitative estimate of drug-likeness (QED) is 0.376. The molecule has 0 fully saturated rings. The number of hydrogen-bond donors (Lipinski definition) is 2. The number of fused-ring (bicyclic) bond motifs is 1. The van der Waals surface area contributed by atoms with Gasteiger partial charge in [0.15, 0.2) is 0 Å². The van der Waals surface area contributed by atoms with E-state index in [1.807, 2.05) is 0 Å². The number of benzene rings is 2. The maximum atomic E-state index is 13.2. The van der Waals surface area contributed by atoms with Gasteiger partial charge < -0.3 is 10.4 Å². The first-order chi connectivity index (χ1) is 15.0. The number of anilines is 2. The second-order valence-electron chi connectivity index (χ2n) is 6.78. The highest BCUT2D eigenvalue weighted by Gasteiger charge is 2.34. The number of nitrogens with zero attached hydrogens (tertiary/aromatic N) is 3. The largest absolute Gasteiger partial charge is 0.492 e. The van der Waals surface area contributed by atoms with Gasteiger partial charge in [-0.2, -0.15) is 4.98 Å². The molecular formula is C23H17FN4O3. The van der Waals surface area contributed by atoms with Gasteiger partial charge in [0.2, 0.25) is 11.8 Å². The second-order valence-corrected chi connectivity index (χ2v) is 6.78. The van der Waals surface area contributed by atoms with Crippen LogP contribution in [-0.4, -0.2) is 38.3 Å². The van der Waals surface area contributed by atoms with Gasteiger partial charge in [0.1, 0.15) is 11.4 Å². The SMILES string of the molecule is O=C1c2ccccc2C(=O)N1CCCC#Cc1cnc(Nc2cccc(F)c2)nc1O. The summed E-state index contributed by atoms with van der Waals surface area (Å²) in [5.74, 6) is 4.48. The third-order valence-electron chi connectivity index (χ3n) is 4.63. The lowest BCUT2D eigenvalue weighted by molar-refractivity contribution is 0.0653. The Bertz CT molecular complexity index is 1200. The van der Waals surface area contributed by atoms with Crippen LogP contribution in [0.15, 0.2) is 54.7 Å². The number of aromatic hydroxyl groups is 1. The van der Waals surface area contributed by atoms with E-state index in [9.17, 15) is 19.1 Å². The van der Waals surface area contributed by atoms with Gasteiger partial charge in [-0.05, 0) is 36.8 Å². The van der Waals surface area contributed by atoms with Crippen molar-refractivity contribution in [1.82, 2.24) is 14.9 Å². The summed E-state index contributed by atoms with van der Waals surface area (Å²) in [6, 6.07) is 12.5. The molecule has 1 aliphatic heterocycles. The van der Waals surface area contributed by atoms with Crippen LogP contribution in [0.5, 0.6) is 5.88 Å². The molecule has 8 heteroatoms. The number of unbranched alkanes of at least 4 members (excludes halogenated alkanes) is 1. The lowest BCUT2D eigenvalue weighted by Crippen LogP contribution is -2.30. The standard InChI is InChI=1S/C23H17FN4O3/c24-16-8-6-9-17(13-16)26-23-25-14-15(20(29)27-23)7-2-1-5-12-28-21(30)18-10-3-4-11-19(18)22(28)31/h3-4,6,8-11,13-14H,1,5,12H2,(H2,25,26,27,29). The second kappa shape index (κ2) is 8.63. The van der Waals surface area contributed by atoms with Gasteiger partial charge in [-0.1, -0.05) is 30.0 Å². The molecule has 2 heterocycles. The lowest BCUT2D eigenvalue weighted by atomic mass is 10.1. The zero-order valence-electron chi connectivity index (χ0n) is 16.3. The molecule has 2 N–H and O–H groups in total. The van der Waals surface area contributed by atoms with E-state index < -0.39 is 5.82 Å². The number of amides is 2. The molecule has 2 amide bonds. The van der Waals surface area contributed by atoms with Crippen molar-refractivity contribution in [1.29, 1.82) is 0 Å². The number of hydrogen-bond acceptors (Lipinski definition) is 6. The number of carbonyl (C=O) groups is 2. The zero-order chi connectivity index (χ0) is 21.8. The van der Waals surface area contributed by atoms with Gasteiger partial charge >= 0.3 is 0 Å². The van der Waals surface area contributed by atoms with Crippen molar-refractivity contribution in [2.75, 3.05) is 11.9 Å². The first-order valence-electron chi connectivity index (χ1n) is 9.55. The molecule has 0 saturated carbocycles. The molecule has 0 spiro atoms. The summed E-state index contributed by atoms with van der Waals surface area (Å²) < 4.78 is 13.2. The summed E-state index contributed by atoms with van der Waals surface area (Å²) >= 11 is 0. The van der Waals surface area contributed by atoms with Crippen LogP contribution in [0.4, 0.5) is 16.0 Å². The number of aromatic nitrogens is 2. The molecule has 4 rings (SSSR count). The van der Waals surface area contributed by atoms with Crippen molar-refractivity contribution in [3.63, 3.8) is 0 Å². The number of carbonyl (C=O) groups excluding carboxylic acids is 2. The highest BCUT2D eigenvalue weighted by Crippen LogP contribution is 2.22. The highest BCUT2D eigenvalue weighted by atomic mass is 19.1. The maximum Gasteiger partial charge on any atom is 0.261 e. The molecule has 3 aromatic rings. The first kappa shape index (κ1) is 20.0. The highest BCUT2D eigenvalue weighted by molar-refractivity contribution is 6.21. The topological polar surface area (TPSA) is 95.4 Å². The van der Waals surface area contributed by atoms with E-state index >= 15 is 0 Å². The Kier molecular flexibility index (Phi) is 5.58. The van der Waals surface area contributed by atoms with E-state index in [0.717, 1.165) is 0 Å². The minimum atomic E-state index is -0.405. The van der Waals surface area contributed by atoms with Crippen LogP contribution in [0, 0.1) is 17.7 Å². The molecule has 0 bridgehead atoms. The van der Waals surface area contributed by atoms with Crippen LogP contribution < -0.4 is 5.32 Å². The van der Waals surface area contributed by atoms with E-state index in [1.165, 1.54) is 23.2 Å². The van der Waals surface area contributed by atoms with Crippen molar-refractivity contribution >= 4 is 23.5 Å². The zero-order valence-corrected chi connectivity index (χ0v) is 16.3. The van der Waals surface area contributed by atoms with Crippen LogP contribution in [0.25, 0.3) is 0 Å². The number of imide groups is 1. The summed E-state index contributed by atoms with van der Waals surface area (Å²) in [5, 5.41) is 12.9. The van der Waals surface area contributed by atoms with Crippen molar-refractivity contribution in [2.24, 2.45) is 0 Å². The molecule has 0 radical (unpaired) electrons. The van der Waals surface area contributed by atoms with Crippen LogP contribution in [0.3, 0.4) is 0 Å². The average molecular weight is 416 g/mol. The van der Waals surface area contributed by atoms with Crippen molar-refractivity contribution in [2.45, 2.75) is 12.8 Å². The summed E-state index contributed by atoms with van der Waals surface area (Å²) in [5.41, 5.74) is 1.54. The fraction of sp³-hybridized carbons (Fsp3) is 0.130. The van der Waals surface area contributed by atoms with Crippen molar-refractivity contribution < 1.29 is 19.1 Å². The normalized spacial score (nSPS) is 12.4. The predicted octanol–water partition coefficient (Wildman–Crippen LogP) is 3.49.